The van der Waals surface area contributed by atoms with E-state index in [0.29, 0.717) is 33.7 Å². The third-order valence-electron chi connectivity index (χ3n) is 4.30. The van der Waals surface area contributed by atoms with Gasteiger partial charge >= 0.3 is 0 Å². The Morgan fingerprint density at radius 1 is 1.11 bits per heavy atom. The molecule has 1 aliphatic rings. The van der Waals surface area contributed by atoms with Crippen LogP contribution in [0.25, 0.3) is 10.1 Å². The summed E-state index contributed by atoms with van der Waals surface area (Å²) in [5, 5.41) is 1.99. The number of aryl methyl sites for hydroxylation is 1. The van der Waals surface area contributed by atoms with Gasteiger partial charge in [0.2, 0.25) is 0 Å². The van der Waals surface area contributed by atoms with Crippen molar-refractivity contribution in [1.29, 1.82) is 0 Å². The number of thiazole rings is 1. The largest absolute Gasteiger partial charge is 0.378 e. The van der Waals surface area contributed by atoms with E-state index in [1.807, 2.05) is 24.3 Å². The molecule has 28 heavy (non-hydrogen) atoms. The van der Waals surface area contributed by atoms with Gasteiger partial charge in [-0.2, -0.15) is 0 Å². The van der Waals surface area contributed by atoms with Crippen molar-refractivity contribution < 1.29 is 14.3 Å². The van der Waals surface area contributed by atoms with Gasteiger partial charge in [0.15, 0.2) is 5.13 Å². The van der Waals surface area contributed by atoms with Gasteiger partial charge in [0.1, 0.15) is 9.75 Å². The number of amides is 2. The Bertz CT molecular complexity index is 1040. The molecule has 0 radical (unpaired) electrons. The third kappa shape index (κ3) is 3.70. The van der Waals surface area contributed by atoms with Crippen molar-refractivity contribution in [2.24, 2.45) is 0 Å². The van der Waals surface area contributed by atoms with Crippen LogP contribution in [0.3, 0.4) is 0 Å². The highest BCUT2D eigenvalue weighted by Gasteiger charge is 2.22. The van der Waals surface area contributed by atoms with Crippen molar-refractivity contribution >= 4 is 61.3 Å². The summed E-state index contributed by atoms with van der Waals surface area (Å²) in [4.78, 5) is 32.4. The molecular formula is C18H17ClN4O3S2. The SMILES string of the molecule is Cc1nc(N2CCOCC2)sc1C(=O)NNC(=O)c1sc2ccccc2c1Cl. The van der Waals surface area contributed by atoms with Crippen LogP contribution >= 0.6 is 34.3 Å². The van der Waals surface area contributed by atoms with Crippen LogP contribution in [0.5, 0.6) is 0 Å². The molecule has 1 fully saturated rings. The number of ether oxygens (including phenoxy) is 1. The number of carbonyl (C=O) groups is 2. The Hall–Kier alpha value is -2.20. The predicted octanol–water partition coefficient (Wildman–Crippen LogP) is 3.23. The molecule has 3 aromatic rings. The molecule has 1 aliphatic heterocycles. The average Bonchev–Trinajstić information content (AvgIpc) is 3.27. The molecule has 0 unspecified atom stereocenters. The zero-order valence-corrected chi connectivity index (χ0v) is 17.3. The van der Waals surface area contributed by atoms with E-state index in [-0.39, 0.29) is 0 Å². The number of nitrogens with zero attached hydrogens (tertiary/aromatic N) is 2. The number of fused-ring (bicyclic) bond motifs is 1. The fourth-order valence-corrected chi connectivity index (χ4v) is 5.30. The quantitative estimate of drug-likeness (QED) is 0.616. The maximum atomic E-state index is 12.5. The second kappa shape index (κ2) is 8.04. The number of hydrogen-bond acceptors (Lipinski definition) is 7. The average molecular weight is 437 g/mol. The van der Waals surface area contributed by atoms with Crippen LogP contribution in [0.15, 0.2) is 24.3 Å². The molecule has 0 spiro atoms. The standard InChI is InChI=1S/C18H17ClN4O3S2/c1-10-14(28-18(20-10)23-6-8-26-9-7-23)16(24)21-22-17(25)15-13(19)11-4-2-3-5-12(11)27-15/h2-5H,6-9H2,1H3,(H,21,24)(H,22,25). The summed E-state index contributed by atoms with van der Waals surface area (Å²) >= 11 is 8.90. The summed E-state index contributed by atoms with van der Waals surface area (Å²) in [6.07, 6.45) is 0. The first-order valence-corrected chi connectivity index (χ1v) is 10.6. The monoisotopic (exact) mass is 436 g/mol. The first-order valence-electron chi connectivity index (χ1n) is 8.62. The molecule has 1 aromatic carbocycles. The number of halogens is 1. The number of nitrogens with one attached hydrogen (secondary N) is 2. The molecule has 3 heterocycles. The summed E-state index contributed by atoms with van der Waals surface area (Å²) in [5.74, 6) is -0.852. The molecule has 7 nitrogen and oxygen atoms in total. The number of carbonyl (C=O) groups excluding carboxylic acids is 2. The fourth-order valence-electron chi connectivity index (χ4n) is 2.87. The highest BCUT2D eigenvalue weighted by molar-refractivity contribution is 7.21. The Kier molecular flexibility index (Phi) is 5.49. The molecule has 0 atom stereocenters. The molecule has 0 bridgehead atoms. The Morgan fingerprint density at radius 2 is 1.79 bits per heavy atom. The van der Waals surface area contributed by atoms with Crippen LogP contribution in [0.1, 0.15) is 25.0 Å². The second-order valence-corrected chi connectivity index (χ2v) is 8.57. The Labute approximate surface area is 174 Å². The zero-order chi connectivity index (χ0) is 19.7. The first-order chi connectivity index (χ1) is 13.5. The topological polar surface area (TPSA) is 83.6 Å². The summed E-state index contributed by atoms with van der Waals surface area (Å²) in [6.45, 7) is 4.56. The van der Waals surface area contributed by atoms with Crippen molar-refractivity contribution in [3.63, 3.8) is 0 Å². The van der Waals surface area contributed by atoms with E-state index in [9.17, 15) is 9.59 Å². The van der Waals surface area contributed by atoms with E-state index < -0.39 is 11.8 Å². The summed E-state index contributed by atoms with van der Waals surface area (Å²) in [6, 6.07) is 7.51. The van der Waals surface area contributed by atoms with Crippen molar-refractivity contribution in [3.05, 3.63) is 44.7 Å². The van der Waals surface area contributed by atoms with Gasteiger partial charge in [0, 0.05) is 23.2 Å². The van der Waals surface area contributed by atoms with Crippen molar-refractivity contribution in [3.8, 4) is 0 Å². The lowest BCUT2D eigenvalue weighted by atomic mass is 10.2. The van der Waals surface area contributed by atoms with Crippen LogP contribution in [0.4, 0.5) is 5.13 Å². The van der Waals surface area contributed by atoms with Gasteiger partial charge in [0.25, 0.3) is 11.8 Å². The number of rotatable bonds is 3. The molecule has 146 valence electrons. The van der Waals surface area contributed by atoms with Gasteiger partial charge in [-0.15, -0.1) is 11.3 Å². The minimum absolute atomic E-state index is 0.359. The highest BCUT2D eigenvalue weighted by Crippen LogP contribution is 2.35. The van der Waals surface area contributed by atoms with Gasteiger partial charge in [-0.1, -0.05) is 41.1 Å². The van der Waals surface area contributed by atoms with E-state index >= 15 is 0 Å². The van der Waals surface area contributed by atoms with Crippen molar-refractivity contribution in [2.45, 2.75) is 6.92 Å². The van der Waals surface area contributed by atoms with E-state index in [2.05, 4.69) is 20.7 Å². The lowest BCUT2D eigenvalue weighted by Crippen LogP contribution is -2.41. The number of anilines is 1. The van der Waals surface area contributed by atoms with E-state index in [1.165, 1.54) is 22.7 Å². The summed E-state index contributed by atoms with van der Waals surface area (Å²) in [7, 11) is 0. The zero-order valence-electron chi connectivity index (χ0n) is 15.0. The van der Waals surface area contributed by atoms with Crippen molar-refractivity contribution in [1.82, 2.24) is 15.8 Å². The first kappa shape index (κ1) is 19.1. The van der Waals surface area contributed by atoms with Gasteiger partial charge in [-0.05, 0) is 13.0 Å². The molecule has 10 heteroatoms. The molecule has 0 aliphatic carbocycles. The molecule has 2 amide bonds. The third-order valence-corrected chi connectivity index (χ3v) is 7.20. The van der Waals surface area contributed by atoms with Crippen molar-refractivity contribution in [2.75, 3.05) is 31.2 Å². The summed E-state index contributed by atoms with van der Waals surface area (Å²) in [5.41, 5.74) is 5.53. The maximum Gasteiger partial charge on any atom is 0.281 e. The number of hydrogen-bond donors (Lipinski definition) is 2. The number of morpholine rings is 1. The normalized spacial score (nSPS) is 14.3. The molecule has 4 rings (SSSR count). The molecular weight excluding hydrogens is 420 g/mol. The minimum atomic E-state index is -0.449. The fraction of sp³-hybridized carbons (Fsp3) is 0.278. The Morgan fingerprint density at radius 3 is 2.50 bits per heavy atom. The van der Waals surface area contributed by atoms with Crippen LogP contribution in [0.2, 0.25) is 5.02 Å². The molecule has 2 aromatic heterocycles. The van der Waals surface area contributed by atoms with Crippen LogP contribution in [0, 0.1) is 6.92 Å². The van der Waals surface area contributed by atoms with Gasteiger partial charge < -0.3 is 9.64 Å². The molecule has 0 saturated carbocycles. The number of hydrazine groups is 1. The number of aromatic nitrogens is 1. The second-order valence-electron chi connectivity index (χ2n) is 6.16. The minimum Gasteiger partial charge on any atom is -0.378 e. The van der Waals surface area contributed by atoms with Gasteiger partial charge in [0.05, 0.1) is 23.9 Å². The van der Waals surface area contributed by atoms with Gasteiger partial charge in [-0.25, -0.2) is 4.98 Å². The van der Waals surface area contributed by atoms with E-state index in [4.69, 9.17) is 16.3 Å². The lowest BCUT2D eigenvalue weighted by Gasteiger charge is -2.25. The smallest absolute Gasteiger partial charge is 0.281 e. The van der Waals surface area contributed by atoms with E-state index in [1.54, 1.807) is 6.92 Å². The van der Waals surface area contributed by atoms with Crippen LogP contribution in [-0.4, -0.2) is 43.1 Å². The van der Waals surface area contributed by atoms with E-state index in [0.717, 1.165) is 28.3 Å². The van der Waals surface area contributed by atoms with Gasteiger partial charge in [-0.3, -0.25) is 20.4 Å². The maximum absolute atomic E-state index is 12.5. The number of thiophene rings is 1. The summed E-state index contributed by atoms with van der Waals surface area (Å²) < 4.78 is 6.26. The highest BCUT2D eigenvalue weighted by atomic mass is 35.5. The molecule has 2 N–H and O–H groups in total. The Balaban J connectivity index is 1.44. The number of benzene rings is 1. The molecule has 1 saturated heterocycles. The predicted molar refractivity (Wildman–Crippen MR) is 112 cm³/mol. The lowest BCUT2D eigenvalue weighted by molar-refractivity contribution is 0.0850. The van der Waals surface area contributed by atoms with Crippen LogP contribution in [-0.2, 0) is 4.74 Å². The van der Waals surface area contributed by atoms with Crippen LogP contribution < -0.4 is 15.8 Å².